The lowest BCUT2D eigenvalue weighted by Crippen LogP contribution is -2.06. The van der Waals surface area contributed by atoms with E-state index in [4.69, 9.17) is 11.5 Å². The number of nitrogen functional groups attached to an aromatic ring is 2. The molecule has 1 aromatic heterocycles. The number of pyridine rings is 1. The van der Waals surface area contributed by atoms with E-state index in [1.54, 1.807) is 0 Å². The first-order chi connectivity index (χ1) is 5.04. The van der Waals surface area contributed by atoms with Crippen LogP contribution < -0.4 is 11.5 Å². The molecule has 0 aliphatic carbocycles. The molecule has 1 aromatic rings. The topological polar surface area (TPSA) is 64.9 Å². The van der Waals surface area contributed by atoms with Crippen LogP contribution in [0.1, 0.15) is 0 Å². The van der Waals surface area contributed by atoms with Gasteiger partial charge >= 0.3 is 0 Å². The molecule has 0 amide bonds. The molecule has 4 N–H and O–H groups in total. The highest BCUT2D eigenvalue weighted by Crippen LogP contribution is 2.20. The third-order valence-electron chi connectivity index (χ3n) is 1.10. The van der Waals surface area contributed by atoms with E-state index >= 15 is 0 Å². The fraction of sp³-hybridized carbons (Fsp3) is 0. The highest BCUT2D eigenvalue weighted by molar-refractivity contribution is 5.58. The van der Waals surface area contributed by atoms with Crippen LogP contribution in [-0.4, -0.2) is 4.98 Å². The monoisotopic (exact) mass is 163 g/mol. The van der Waals surface area contributed by atoms with Crippen molar-refractivity contribution < 1.29 is 13.2 Å². The summed E-state index contributed by atoms with van der Waals surface area (Å²) in [7, 11) is 0. The van der Waals surface area contributed by atoms with Crippen LogP contribution in [0.5, 0.6) is 0 Å². The Hall–Kier alpha value is -1.46. The van der Waals surface area contributed by atoms with E-state index in [0.717, 1.165) is 0 Å². The number of rotatable bonds is 0. The van der Waals surface area contributed by atoms with E-state index in [1.807, 2.05) is 0 Å². The molecule has 0 fully saturated rings. The van der Waals surface area contributed by atoms with Gasteiger partial charge in [0.25, 0.3) is 5.95 Å². The second kappa shape index (κ2) is 2.30. The first-order valence-electron chi connectivity index (χ1n) is 2.59. The SMILES string of the molecule is Nc1nc(F)c(F)c(F)c1N. The number of nitrogens with two attached hydrogens (primary N) is 2. The van der Waals surface area contributed by atoms with E-state index in [1.165, 1.54) is 0 Å². The highest BCUT2D eigenvalue weighted by atomic mass is 19.2. The molecule has 0 saturated carbocycles. The third kappa shape index (κ3) is 1.06. The van der Waals surface area contributed by atoms with Gasteiger partial charge in [-0.05, 0) is 0 Å². The molecule has 11 heavy (non-hydrogen) atoms. The van der Waals surface area contributed by atoms with E-state index < -0.39 is 29.1 Å². The maximum Gasteiger partial charge on any atom is 0.254 e. The van der Waals surface area contributed by atoms with E-state index in [9.17, 15) is 13.2 Å². The zero-order valence-electron chi connectivity index (χ0n) is 5.24. The van der Waals surface area contributed by atoms with Crippen molar-refractivity contribution in [2.24, 2.45) is 0 Å². The molecule has 0 unspecified atom stereocenters. The van der Waals surface area contributed by atoms with Crippen LogP contribution in [0.3, 0.4) is 0 Å². The Bertz CT molecular complexity index is 273. The lowest BCUT2D eigenvalue weighted by molar-refractivity contribution is 0.431. The molecule has 0 aromatic carbocycles. The zero-order valence-corrected chi connectivity index (χ0v) is 5.24. The quantitative estimate of drug-likeness (QED) is 0.552. The van der Waals surface area contributed by atoms with Gasteiger partial charge in [-0.15, -0.1) is 0 Å². The summed E-state index contributed by atoms with van der Waals surface area (Å²) in [6.45, 7) is 0. The Morgan fingerprint density at radius 2 is 1.55 bits per heavy atom. The van der Waals surface area contributed by atoms with Crippen LogP contribution in [0, 0.1) is 17.6 Å². The minimum atomic E-state index is -1.71. The average Bonchev–Trinajstić information content (AvgIpc) is 1.97. The zero-order chi connectivity index (χ0) is 8.59. The molecule has 1 rings (SSSR count). The first-order valence-corrected chi connectivity index (χ1v) is 2.59. The average molecular weight is 163 g/mol. The Kier molecular flexibility index (Phi) is 1.60. The third-order valence-corrected chi connectivity index (χ3v) is 1.10. The number of aromatic nitrogens is 1. The maximum atomic E-state index is 12.4. The van der Waals surface area contributed by atoms with Gasteiger partial charge in [0.05, 0.1) is 0 Å². The molecule has 0 atom stereocenters. The predicted molar refractivity (Wildman–Crippen MR) is 32.9 cm³/mol. The normalized spacial score (nSPS) is 10.1. The lowest BCUT2D eigenvalue weighted by atomic mass is 10.3. The molecule has 6 heteroatoms. The molecule has 3 nitrogen and oxygen atoms in total. The Balaban J connectivity index is 3.46. The number of hydrogen-bond acceptors (Lipinski definition) is 3. The molecule has 0 bridgehead atoms. The summed E-state index contributed by atoms with van der Waals surface area (Å²) in [5.41, 5.74) is 9.11. The van der Waals surface area contributed by atoms with Crippen molar-refractivity contribution in [3.8, 4) is 0 Å². The number of halogens is 3. The smallest absolute Gasteiger partial charge is 0.254 e. The number of anilines is 2. The summed E-state index contributed by atoms with van der Waals surface area (Å²) in [6, 6.07) is 0. The van der Waals surface area contributed by atoms with E-state index in [0.29, 0.717) is 0 Å². The Labute approximate surface area is 59.8 Å². The summed E-state index contributed by atoms with van der Waals surface area (Å²) in [4.78, 5) is 2.80. The van der Waals surface area contributed by atoms with Gasteiger partial charge < -0.3 is 11.5 Å². The number of nitrogens with zero attached hydrogens (tertiary/aromatic N) is 1. The summed E-state index contributed by atoms with van der Waals surface area (Å²) in [5.74, 6) is -5.36. The van der Waals surface area contributed by atoms with Gasteiger partial charge in [0.2, 0.25) is 5.82 Å². The molecule has 1 heterocycles. The lowest BCUT2D eigenvalue weighted by Gasteiger charge is -2.00. The standard InChI is InChI=1S/C5H4F3N3/c6-1-2(7)4(8)11-5(10)3(1)9/h9H2,(H2,10,11). The molecule has 0 aliphatic heterocycles. The fourth-order valence-electron chi connectivity index (χ4n) is 0.536. The molecule has 0 spiro atoms. The van der Waals surface area contributed by atoms with Crippen molar-refractivity contribution in [1.82, 2.24) is 4.98 Å². The second-order valence-electron chi connectivity index (χ2n) is 1.83. The van der Waals surface area contributed by atoms with Crippen LogP contribution in [0.2, 0.25) is 0 Å². The van der Waals surface area contributed by atoms with Crippen molar-refractivity contribution in [3.05, 3.63) is 17.6 Å². The van der Waals surface area contributed by atoms with Gasteiger partial charge in [0.1, 0.15) is 5.69 Å². The van der Waals surface area contributed by atoms with Crippen molar-refractivity contribution in [2.75, 3.05) is 11.5 Å². The van der Waals surface area contributed by atoms with Gasteiger partial charge in [-0.3, -0.25) is 0 Å². The Morgan fingerprint density at radius 1 is 1.00 bits per heavy atom. The number of hydrogen-bond donors (Lipinski definition) is 2. The molecule has 60 valence electrons. The molecule has 0 saturated heterocycles. The van der Waals surface area contributed by atoms with Crippen molar-refractivity contribution in [2.45, 2.75) is 0 Å². The van der Waals surface area contributed by atoms with Crippen molar-refractivity contribution >= 4 is 11.5 Å². The van der Waals surface area contributed by atoms with E-state index in [-0.39, 0.29) is 0 Å². The summed E-state index contributed by atoms with van der Waals surface area (Å²) in [6.07, 6.45) is 0. The van der Waals surface area contributed by atoms with Gasteiger partial charge in [-0.2, -0.15) is 13.8 Å². The maximum absolute atomic E-state index is 12.4. The van der Waals surface area contributed by atoms with Crippen LogP contribution in [0.15, 0.2) is 0 Å². The van der Waals surface area contributed by atoms with Crippen LogP contribution >= 0.6 is 0 Å². The van der Waals surface area contributed by atoms with E-state index in [2.05, 4.69) is 4.98 Å². The summed E-state index contributed by atoms with van der Waals surface area (Å²) < 4.78 is 36.8. The molecular weight excluding hydrogens is 159 g/mol. The van der Waals surface area contributed by atoms with Crippen LogP contribution in [-0.2, 0) is 0 Å². The fourth-order valence-corrected chi connectivity index (χ4v) is 0.536. The van der Waals surface area contributed by atoms with Crippen LogP contribution in [0.25, 0.3) is 0 Å². The van der Waals surface area contributed by atoms with Gasteiger partial charge in [0.15, 0.2) is 11.6 Å². The van der Waals surface area contributed by atoms with Crippen LogP contribution in [0.4, 0.5) is 24.7 Å². The first kappa shape index (κ1) is 7.64. The molecule has 0 aliphatic rings. The summed E-state index contributed by atoms with van der Waals surface area (Å²) >= 11 is 0. The molecular formula is C5H4F3N3. The van der Waals surface area contributed by atoms with Gasteiger partial charge in [-0.1, -0.05) is 0 Å². The van der Waals surface area contributed by atoms with Gasteiger partial charge in [0, 0.05) is 0 Å². The second-order valence-corrected chi connectivity index (χ2v) is 1.83. The molecule has 0 radical (unpaired) electrons. The van der Waals surface area contributed by atoms with Gasteiger partial charge in [-0.25, -0.2) is 4.39 Å². The largest absolute Gasteiger partial charge is 0.393 e. The predicted octanol–water partition coefficient (Wildman–Crippen LogP) is 0.663. The minimum absolute atomic E-state index is 0.554. The Morgan fingerprint density at radius 3 is 2.09 bits per heavy atom. The summed E-state index contributed by atoms with van der Waals surface area (Å²) in [5, 5.41) is 0. The van der Waals surface area contributed by atoms with Crippen molar-refractivity contribution in [3.63, 3.8) is 0 Å². The highest BCUT2D eigenvalue weighted by Gasteiger charge is 2.15. The minimum Gasteiger partial charge on any atom is -0.393 e. The van der Waals surface area contributed by atoms with Crippen molar-refractivity contribution in [1.29, 1.82) is 0 Å².